The first kappa shape index (κ1) is 45.4. The van der Waals surface area contributed by atoms with Gasteiger partial charge in [0.2, 0.25) is 0 Å². The van der Waals surface area contributed by atoms with E-state index in [1.165, 1.54) is 22.3 Å². The molecule has 2 aliphatic rings. The van der Waals surface area contributed by atoms with E-state index in [9.17, 15) is 0 Å². The monoisotopic (exact) mass is 827 g/mol. The van der Waals surface area contributed by atoms with Crippen LogP contribution in [-0.2, 0) is 12.8 Å². The normalized spacial score (nSPS) is 14.2. The zero-order chi connectivity index (χ0) is 42.8. The van der Waals surface area contributed by atoms with Crippen LogP contribution in [0.4, 0.5) is 0 Å². The molecule has 0 fully saturated rings. The lowest BCUT2D eigenvalue weighted by atomic mass is 10.00. The first-order valence-electron chi connectivity index (χ1n) is 22.4. The van der Waals surface area contributed by atoms with Crippen LogP contribution in [0.1, 0.15) is 182 Å². The fourth-order valence-corrected chi connectivity index (χ4v) is 9.25. The van der Waals surface area contributed by atoms with Crippen LogP contribution in [0.25, 0.3) is 44.9 Å². The third-order valence-electron chi connectivity index (χ3n) is 12.5. The standard InChI is InChI=1S/C46H74N8O2Si2/c1-17-23-29-30(24-18-2)38-47-37(29)48-39-31(25-19-3)33(27-21-5)41(50-39)52-43-35(55-57(13,14)45(7,8)9)36(56-58(15,16)46(10,11)12)44(54-43)53-42-34(28-22-6)32(26-20-4)40(49-38)51-42/h17-28H2,1-16H3,(H2,47,48,49,50,51,52,53,54). The van der Waals surface area contributed by atoms with Crippen molar-refractivity contribution >= 4 is 61.5 Å². The highest BCUT2D eigenvalue weighted by Crippen LogP contribution is 2.47. The Labute approximate surface area is 351 Å². The molecule has 58 heavy (non-hydrogen) atoms. The summed E-state index contributed by atoms with van der Waals surface area (Å²) in [6.45, 7) is 36.1. The molecule has 3 aromatic heterocycles. The van der Waals surface area contributed by atoms with E-state index in [1.54, 1.807) is 0 Å². The third-order valence-corrected chi connectivity index (χ3v) is 21.1. The second-order valence-electron chi connectivity index (χ2n) is 19.4. The number of aromatic nitrogens is 8. The zero-order valence-corrected chi connectivity index (χ0v) is 41.0. The Morgan fingerprint density at radius 2 is 0.672 bits per heavy atom. The molecule has 0 amide bonds. The lowest BCUT2D eigenvalue weighted by molar-refractivity contribution is 0.448. The maximum Gasteiger partial charge on any atom is 0.250 e. The number of hydrogen-bond donors (Lipinski definition) is 2. The van der Waals surface area contributed by atoms with Crippen molar-refractivity contribution < 1.29 is 8.85 Å². The summed E-state index contributed by atoms with van der Waals surface area (Å²) in [5.74, 6) is 4.12. The average molecular weight is 827 g/mol. The van der Waals surface area contributed by atoms with Crippen LogP contribution < -0.4 is 8.85 Å². The highest BCUT2D eigenvalue weighted by molar-refractivity contribution is 6.75. The van der Waals surface area contributed by atoms with Crippen LogP contribution in [0.15, 0.2) is 0 Å². The lowest BCUT2D eigenvalue weighted by Crippen LogP contribution is -2.45. The van der Waals surface area contributed by atoms with Gasteiger partial charge in [0, 0.05) is 33.4 Å². The molecule has 318 valence electrons. The fourth-order valence-electron chi connectivity index (χ4n) is 7.24. The highest BCUT2D eigenvalue weighted by Gasteiger charge is 2.44. The number of aryl methyl sites for hydroxylation is 2. The topological polar surface area (TPSA) is 127 Å². The summed E-state index contributed by atoms with van der Waals surface area (Å²) < 4.78 is 14.7. The molecule has 0 aromatic carbocycles. The molecule has 5 heterocycles. The molecule has 0 atom stereocenters. The molecule has 8 bridgehead atoms. The molecule has 2 aliphatic heterocycles. The molecule has 0 saturated carbocycles. The van der Waals surface area contributed by atoms with Gasteiger partial charge in [-0.25, -0.2) is 29.9 Å². The van der Waals surface area contributed by atoms with Gasteiger partial charge in [0.15, 0.2) is 46.1 Å². The molecule has 0 radical (unpaired) electrons. The van der Waals surface area contributed by atoms with Crippen molar-refractivity contribution in [2.24, 2.45) is 0 Å². The predicted octanol–water partition coefficient (Wildman–Crippen LogP) is 13.6. The van der Waals surface area contributed by atoms with Gasteiger partial charge in [-0.1, -0.05) is 122 Å². The van der Waals surface area contributed by atoms with E-state index >= 15 is 0 Å². The van der Waals surface area contributed by atoms with E-state index in [1.807, 2.05) is 0 Å². The van der Waals surface area contributed by atoms with Gasteiger partial charge in [-0.2, -0.15) is 0 Å². The van der Waals surface area contributed by atoms with Crippen molar-refractivity contribution in [2.45, 2.75) is 196 Å². The minimum Gasteiger partial charge on any atom is -0.538 e. The first-order chi connectivity index (χ1) is 27.2. The molecule has 0 spiro atoms. The van der Waals surface area contributed by atoms with Crippen LogP contribution in [0, 0.1) is 0 Å². The average Bonchev–Trinajstić information content (AvgIpc) is 3.81. The molecule has 12 heteroatoms. The largest absolute Gasteiger partial charge is 0.538 e. The van der Waals surface area contributed by atoms with Gasteiger partial charge in [0.1, 0.15) is 11.3 Å². The number of rotatable bonds is 16. The SMILES string of the molecule is CCCC1=C(CCC)c2nc1nc1nc(nc3[nH]c(nc4[nH]c(n2)c(CCC)c4CCC)c(O[Si](C)(C)C(C)(C)C)c3O[Si](C)(C)C(C)(C)C)C(CCC)=C1CCC. The van der Waals surface area contributed by atoms with Crippen LogP contribution >= 0.6 is 0 Å². The molecule has 5 rings (SSSR count). The van der Waals surface area contributed by atoms with Gasteiger partial charge in [-0.3, -0.25) is 0 Å². The van der Waals surface area contributed by atoms with E-state index in [2.05, 4.69) is 119 Å². The molecular formula is C46H74N8O2Si2. The number of hydrogen-bond acceptors (Lipinski definition) is 8. The number of allylic oxidation sites excluding steroid dienone is 4. The summed E-state index contributed by atoms with van der Waals surface area (Å²) in [5.41, 5.74) is 9.84. The smallest absolute Gasteiger partial charge is 0.250 e. The molecule has 3 aromatic rings. The van der Waals surface area contributed by atoms with E-state index in [0.29, 0.717) is 34.4 Å². The summed E-state index contributed by atoms with van der Waals surface area (Å²) in [6, 6.07) is 0. The van der Waals surface area contributed by atoms with Gasteiger partial charge in [0.25, 0.3) is 16.6 Å². The zero-order valence-electron chi connectivity index (χ0n) is 39.0. The van der Waals surface area contributed by atoms with Gasteiger partial charge < -0.3 is 18.8 Å². The third kappa shape index (κ3) is 9.22. The number of nitrogens with one attached hydrogen (secondary N) is 2. The van der Waals surface area contributed by atoms with Crippen LogP contribution in [-0.4, -0.2) is 56.5 Å². The van der Waals surface area contributed by atoms with E-state index in [0.717, 1.165) is 111 Å². The fraction of sp³-hybridized carbons (Fsp3) is 0.652. The van der Waals surface area contributed by atoms with Crippen molar-refractivity contribution in [1.82, 2.24) is 39.9 Å². The molecule has 0 aliphatic carbocycles. The molecular weight excluding hydrogens is 753 g/mol. The van der Waals surface area contributed by atoms with Crippen molar-refractivity contribution in [2.75, 3.05) is 0 Å². The van der Waals surface area contributed by atoms with E-state index in [-0.39, 0.29) is 10.1 Å². The van der Waals surface area contributed by atoms with Crippen LogP contribution in [0.2, 0.25) is 36.3 Å². The Morgan fingerprint density at radius 3 is 1.00 bits per heavy atom. The molecule has 10 nitrogen and oxygen atoms in total. The lowest BCUT2D eigenvalue weighted by Gasteiger charge is -2.38. The summed E-state index contributed by atoms with van der Waals surface area (Å²) >= 11 is 0. The van der Waals surface area contributed by atoms with E-state index in [4.69, 9.17) is 38.8 Å². The van der Waals surface area contributed by atoms with Crippen molar-refractivity contribution in [3.63, 3.8) is 0 Å². The van der Waals surface area contributed by atoms with Gasteiger partial charge in [-0.05, 0) is 74.8 Å². The molecule has 2 N–H and O–H groups in total. The van der Waals surface area contributed by atoms with Gasteiger partial charge >= 0.3 is 0 Å². The Balaban J connectivity index is 2.10. The second-order valence-corrected chi connectivity index (χ2v) is 28.8. The van der Waals surface area contributed by atoms with Gasteiger partial charge in [-0.15, -0.1) is 0 Å². The number of aromatic amines is 2. The van der Waals surface area contributed by atoms with Crippen molar-refractivity contribution in [1.29, 1.82) is 0 Å². The maximum atomic E-state index is 7.35. The number of nitrogens with zero attached hydrogens (tertiary/aromatic N) is 6. The van der Waals surface area contributed by atoms with Crippen LogP contribution in [0.3, 0.4) is 0 Å². The minimum absolute atomic E-state index is 0.0759. The van der Waals surface area contributed by atoms with Crippen LogP contribution in [0.5, 0.6) is 11.5 Å². The summed E-state index contributed by atoms with van der Waals surface area (Å²) in [6.07, 6.45) is 11.0. The van der Waals surface area contributed by atoms with Gasteiger partial charge in [0.05, 0.1) is 0 Å². The van der Waals surface area contributed by atoms with Crippen molar-refractivity contribution in [3.8, 4) is 11.5 Å². The summed E-state index contributed by atoms with van der Waals surface area (Å²) in [7, 11) is -4.86. The maximum absolute atomic E-state index is 7.35. The number of H-pyrrole nitrogens is 2. The Morgan fingerprint density at radius 1 is 0.397 bits per heavy atom. The summed E-state index contributed by atoms with van der Waals surface area (Å²) in [4.78, 5) is 39.8. The van der Waals surface area contributed by atoms with Crippen molar-refractivity contribution in [3.05, 3.63) is 34.4 Å². The molecule has 0 saturated heterocycles. The predicted molar refractivity (Wildman–Crippen MR) is 249 cm³/mol. The Kier molecular flexibility index (Phi) is 14.0. The van der Waals surface area contributed by atoms with E-state index < -0.39 is 16.6 Å². The minimum atomic E-state index is -2.43. The Hall–Kier alpha value is -3.65. The second kappa shape index (κ2) is 17.9. The number of fused-ring (bicyclic) bond motifs is 8. The Bertz CT molecular complexity index is 2200. The first-order valence-corrected chi connectivity index (χ1v) is 28.2. The highest BCUT2D eigenvalue weighted by atomic mass is 28.4. The molecule has 0 unspecified atom stereocenters. The quantitative estimate of drug-likeness (QED) is 0.137. The summed E-state index contributed by atoms with van der Waals surface area (Å²) in [5, 5.41) is -0.153.